The third kappa shape index (κ3) is 21.2. The molecule has 670 valence electrons. The first-order valence-electron chi connectivity index (χ1n) is 42.2. The predicted molar refractivity (Wildman–Crippen MR) is 498 cm³/mol. The number of hydrogen-bond donors (Lipinski definition) is 15. The maximum Gasteiger partial charge on any atom is 0.248 e. The Hall–Kier alpha value is -15.5. The Morgan fingerprint density at radius 2 is 0.643 bits per heavy atom. The number of primary amides is 5. The molecule has 129 heavy (non-hydrogen) atoms. The van der Waals surface area contributed by atoms with Crippen LogP contribution in [-0.2, 0) is 4.74 Å². The summed E-state index contributed by atoms with van der Waals surface area (Å²) < 4.78 is 35.1. The van der Waals surface area contributed by atoms with Gasteiger partial charge in [0.1, 0.15) is 124 Å². The summed E-state index contributed by atoms with van der Waals surface area (Å²) >= 11 is 0. The lowest BCUT2D eigenvalue weighted by Gasteiger charge is -2.18. The normalized spacial score (nSPS) is 13.1. The quantitative estimate of drug-likeness (QED) is 0.0239. The summed E-state index contributed by atoms with van der Waals surface area (Å²) in [5, 5.41) is 21.2. The van der Waals surface area contributed by atoms with E-state index in [1.165, 1.54) is 31.6 Å². The van der Waals surface area contributed by atoms with Gasteiger partial charge in [-0.05, 0) is 248 Å². The van der Waals surface area contributed by atoms with Crippen LogP contribution in [-0.4, -0.2) is 149 Å². The molecule has 17 rings (SSSR count). The third-order valence-electron chi connectivity index (χ3n) is 22.4. The van der Waals surface area contributed by atoms with Crippen LogP contribution in [0.4, 0.5) is 57.5 Å². The summed E-state index contributed by atoms with van der Waals surface area (Å²) in [4.78, 5) is 117. The van der Waals surface area contributed by atoms with Gasteiger partial charge in [-0.1, -0.05) is 6.92 Å². The number of rotatable bonds is 26. The van der Waals surface area contributed by atoms with E-state index in [9.17, 15) is 24.0 Å². The molecule has 0 bridgehead atoms. The molecule has 1 saturated heterocycles. The highest BCUT2D eigenvalue weighted by molar-refractivity contribution is 6.01. The summed E-state index contributed by atoms with van der Waals surface area (Å²) in [6.45, 7) is 31.5. The molecular formula is C93H107N25O11. The number of benzene rings is 5. The lowest BCUT2D eigenvalue weighted by Crippen LogP contribution is -2.18. The number of hydrogen-bond acceptors (Lipinski definition) is 26. The number of aromatic nitrogens is 15. The number of nitrogens with zero attached hydrogens (tertiary/aromatic N) is 10. The standard InChI is InChI=1S/C20H23N5O2.C19H21N5O3.C19H23N5O2.C18H21N5O2.C17H19N5O2/c1-11-12(2)24-19-17(11)20(23-10-22-19)25-15-8-7-13(18(21)26)9-16(15)27-14-5-3-4-6-14;1-10-11(2)23-18-16(10)19(22-9-21-18)24-14-4-3-12(17(20)25)7-15(14)27-13-5-6-26-8-13;1-5-10(2)26-15-8-13(17(20)25)6-7-14(15)24-19-16-11(3)12(4)23-18(16)21-9-22-19;1-9(2)25-14-7-12(16(19)24)5-6-13(14)23-18-15-10(3)11(4)22-17(15)20-8-21-18;1-4-24-13-7-11(15(18)23)5-6-12(13)22-17-14-9(2)10(3)21-16(14)19-8-20-17/h7-10,14H,3-6H2,1-2H3,(H2,21,26)(H2,22,23,24,25);3-4,7,9,13H,5-6,8H2,1-2H3,(H2,20,25)(H2,21,22,23,24);6-10H,5H2,1-4H3,(H2,20,25)(H2,21,22,23,24);5-9H,1-4H3,(H2,19,24)(H2,20,21,22,23);5-8H,4H2,1-3H3,(H2,18,23)(H2,19,20,21,22). The number of nitrogens with one attached hydrogen (secondary N) is 10. The molecule has 15 aromatic rings. The smallest absolute Gasteiger partial charge is 0.248 e. The lowest BCUT2D eigenvalue weighted by atomic mass is 10.1. The Balaban J connectivity index is 0.000000138. The summed E-state index contributed by atoms with van der Waals surface area (Å²) in [6, 6.07) is 25.5. The van der Waals surface area contributed by atoms with Crippen molar-refractivity contribution < 1.29 is 52.4 Å². The lowest BCUT2D eigenvalue weighted by molar-refractivity contribution is 0.0991. The third-order valence-corrected chi connectivity index (χ3v) is 22.4. The molecule has 20 N–H and O–H groups in total. The van der Waals surface area contributed by atoms with E-state index in [0.717, 1.165) is 156 Å². The monoisotopic (exact) mass is 1750 g/mol. The van der Waals surface area contributed by atoms with E-state index in [2.05, 4.69) is 101 Å². The van der Waals surface area contributed by atoms with E-state index in [-0.39, 0.29) is 24.4 Å². The number of fused-ring (bicyclic) bond motifs is 5. The molecule has 10 aromatic heterocycles. The number of nitrogens with two attached hydrogens (primary N) is 5. The van der Waals surface area contributed by atoms with E-state index in [1.54, 1.807) is 84.9 Å². The first-order valence-corrected chi connectivity index (χ1v) is 42.2. The molecule has 11 heterocycles. The molecule has 5 amide bonds. The van der Waals surface area contributed by atoms with Crippen molar-refractivity contribution in [1.82, 2.24) is 74.8 Å². The Morgan fingerprint density at radius 3 is 0.915 bits per heavy atom. The van der Waals surface area contributed by atoms with Crippen molar-refractivity contribution in [3.63, 3.8) is 0 Å². The molecule has 1 aliphatic carbocycles. The first kappa shape index (κ1) is 91.2. The second-order valence-electron chi connectivity index (χ2n) is 31.7. The number of aryl methyl sites for hydroxylation is 10. The summed E-state index contributed by atoms with van der Waals surface area (Å²) in [5.41, 5.74) is 47.1. The van der Waals surface area contributed by atoms with Gasteiger partial charge in [-0.2, -0.15) is 0 Å². The highest BCUT2D eigenvalue weighted by Crippen LogP contribution is 2.41. The van der Waals surface area contributed by atoms with Crippen LogP contribution in [0.3, 0.4) is 0 Å². The van der Waals surface area contributed by atoms with E-state index in [1.807, 2.05) is 110 Å². The van der Waals surface area contributed by atoms with Gasteiger partial charge in [0.05, 0.1) is 93.5 Å². The fraction of sp³-hybridized carbons (Fsp3) is 0.301. The van der Waals surface area contributed by atoms with Gasteiger partial charge < -0.3 is 109 Å². The van der Waals surface area contributed by atoms with Crippen LogP contribution in [0.1, 0.15) is 181 Å². The number of ether oxygens (including phenoxy) is 6. The van der Waals surface area contributed by atoms with Crippen molar-refractivity contribution in [3.8, 4) is 28.7 Å². The second kappa shape index (κ2) is 40.2. The van der Waals surface area contributed by atoms with Crippen molar-refractivity contribution in [3.05, 3.63) is 207 Å². The molecule has 36 heteroatoms. The average molecular weight is 1750 g/mol. The highest BCUT2D eigenvalue weighted by atomic mass is 16.5. The van der Waals surface area contributed by atoms with Gasteiger partial charge in [-0.25, -0.2) is 49.8 Å². The van der Waals surface area contributed by atoms with Crippen LogP contribution < -0.4 is 78.9 Å². The van der Waals surface area contributed by atoms with Crippen LogP contribution in [0.25, 0.3) is 55.2 Å². The van der Waals surface area contributed by atoms with Crippen LogP contribution in [0.2, 0.25) is 0 Å². The number of anilines is 10. The maximum atomic E-state index is 11.6. The topological polar surface area (TPSA) is 539 Å². The molecule has 36 nitrogen and oxygen atoms in total. The summed E-state index contributed by atoms with van der Waals surface area (Å²) in [6.07, 6.45) is 13.6. The second-order valence-corrected chi connectivity index (χ2v) is 31.7. The van der Waals surface area contributed by atoms with Gasteiger partial charge in [-0.15, -0.1) is 0 Å². The van der Waals surface area contributed by atoms with Crippen molar-refractivity contribution in [2.24, 2.45) is 28.7 Å². The average Bonchev–Trinajstić information content (AvgIpc) is 1.67. The van der Waals surface area contributed by atoms with Crippen molar-refractivity contribution in [2.45, 2.75) is 167 Å². The van der Waals surface area contributed by atoms with E-state index >= 15 is 0 Å². The van der Waals surface area contributed by atoms with E-state index < -0.39 is 29.5 Å². The van der Waals surface area contributed by atoms with Gasteiger partial charge >= 0.3 is 0 Å². The SMILES string of the molecule is CCC(C)Oc1cc(C(N)=O)ccc1Nc1ncnc2[nH]c(C)c(C)c12.CCOc1cc(C(N)=O)ccc1Nc1ncnc2[nH]c(C)c(C)c12.Cc1[nH]c2ncnc(Nc3ccc(C(N)=O)cc3OC(C)C)c2c1C.Cc1[nH]c2ncnc(Nc3ccc(C(N)=O)cc3OC3CCCC3)c2c1C.Cc1[nH]c2ncnc(Nc3ccc(C(N)=O)cc3OC3CCOC3)c2c1C. The highest BCUT2D eigenvalue weighted by Gasteiger charge is 2.26. The molecule has 0 radical (unpaired) electrons. The number of carbonyl (C=O) groups is 5. The van der Waals surface area contributed by atoms with Crippen LogP contribution in [0.15, 0.2) is 123 Å². The molecule has 1 aliphatic heterocycles. The number of carbonyl (C=O) groups excluding carboxylic acids is 5. The Labute approximate surface area is 743 Å². The minimum atomic E-state index is -0.504. The zero-order valence-electron chi connectivity index (χ0n) is 74.6. The molecule has 2 fully saturated rings. The van der Waals surface area contributed by atoms with E-state index in [4.69, 9.17) is 57.1 Å². The molecule has 2 atom stereocenters. The molecule has 2 aliphatic rings. The minimum Gasteiger partial charge on any atom is -0.492 e. The van der Waals surface area contributed by atoms with Gasteiger partial charge in [0.25, 0.3) is 0 Å². The van der Waals surface area contributed by atoms with Gasteiger partial charge in [0, 0.05) is 62.7 Å². The van der Waals surface area contributed by atoms with Crippen molar-refractivity contribution in [2.75, 3.05) is 46.4 Å². The van der Waals surface area contributed by atoms with Crippen molar-refractivity contribution in [1.29, 1.82) is 0 Å². The van der Waals surface area contributed by atoms with Crippen LogP contribution in [0, 0.1) is 69.2 Å². The fourth-order valence-corrected chi connectivity index (χ4v) is 14.7. The van der Waals surface area contributed by atoms with Gasteiger partial charge in [-0.3, -0.25) is 24.0 Å². The number of aromatic amines is 5. The van der Waals surface area contributed by atoms with Gasteiger partial charge in [0.15, 0.2) is 0 Å². The van der Waals surface area contributed by atoms with Crippen molar-refractivity contribution >= 4 is 142 Å². The molecular weight excluding hydrogens is 1640 g/mol. The zero-order chi connectivity index (χ0) is 92.2. The predicted octanol–water partition coefficient (Wildman–Crippen LogP) is 15.9. The number of amides is 5. The van der Waals surface area contributed by atoms with Crippen LogP contribution >= 0.6 is 0 Å². The van der Waals surface area contributed by atoms with E-state index in [0.29, 0.717) is 128 Å². The molecule has 5 aromatic carbocycles. The first-order chi connectivity index (χ1) is 61.8. The van der Waals surface area contributed by atoms with Crippen LogP contribution in [0.5, 0.6) is 28.7 Å². The maximum absolute atomic E-state index is 11.6. The summed E-state index contributed by atoms with van der Waals surface area (Å²) in [7, 11) is 0. The Morgan fingerprint density at radius 1 is 0.372 bits per heavy atom. The molecule has 0 spiro atoms. The summed E-state index contributed by atoms with van der Waals surface area (Å²) in [5.74, 6) is 3.74. The fourth-order valence-electron chi connectivity index (χ4n) is 14.7. The Bertz CT molecular complexity index is 6510. The largest absolute Gasteiger partial charge is 0.492 e. The molecule has 1 saturated carbocycles. The number of H-pyrrole nitrogens is 5. The Kier molecular flexibility index (Phi) is 28.4. The minimum absolute atomic E-state index is 0.000309. The zero-order valence-corrected chi connectivity index (χ0v) is 74.6. The van der Waals surface area contributed by atoms with Gasteiger partial charge in [0.2, 0.25) is 29.5 Å². The molecule has 2 unspecified atom stereocenters.